The third-order valence-corrected chi connectivity index (χ3v) is 8.26. The topological polar surface area (TPSA) is 105 Å². The van der Waals surface area contributed by atoms with Crippen LogP contribution in [0.3, 0.4) is 0 Å². The van der Waals surface area contributed by atoms with Gasteiger partial charge in [-0.05, 0) is 38.6 Å². The van der Waals surface area contributed by atoms with Gasteiger partial charge in [-0.3, -0.25) is 19.5 Å². The average Bonchev–Trinajstić information content (AvgIpc) is 2.96. The number of morpholine rings is 1. The maximum absolute atomic E-state index is 15.8. The van der Waals surface area contributed by atoms with Crippen molar-refractivity contribution in [2.24, 2.45) is 4.99 Å². The van der Waals surface area contributed by atoms with Gasteiger partial charge in [0.05, 0.1) is 42.3 Å². The van der Waals surface area contributed by atoms with E-state index in [0.717, 1.165) is 12.2 Å². The summed E-state index contributed by atoms with van der Waals surface area (Å²) in [6, 6.07) is 3.40. The Balaban J connectivity index is 1.49. The first-order valence-electron chi connectivity index (χ1n) is 13.9. The summed E-state index contributed by atoms with van der Waals surface area (Å²) in [4.78, 5) is 37.9. The van der Waals surface area contributed by atoms with E-state index in [9.17, 15) is 22.8 Å². The zero-order valence-corrected chi connectivity index (χ0v) is 23.7. The molecule has 0 spiro atoms. The number of benzene rings is 1. The van der Waals surface area contributed by atoms with Gasteiger partial charge in [-0.25, -0.2) is 4.39 Å². The maximum Gasteiger partial charge on any atom is 0.417 e. The fraction of sp³-hybridized carbons (Fsp3) is 0.536. The van der Waals surface area contributed by atoms with Crippen LogP contribution >= 0.6 is 0 Å². The van der Waals surface area contributed by atoms with Gasteiger partial charge in [0.15, 0.2) is 5.96 Å². The van der Waals surface area contributed by atoms with Crippen molar-refractivity contribution >= 4 is 23.2 Å². The van der Waals surface area contributed by atoms with E-state index in [2.05, 4.69) is 30.4 Å². The Morgan fingerprint density at radius 2 is 1.79 bits per heavy atom. The zero-order valence-electron chi connectivity index (χ0n) is 23.7. The molecular weight excluding hydrogens is 558 g/mol. The standard InChI is InChI=1S/C28H35F4N7O3/c1-16-14-39(15-17(2)37(16)3)24-10-22(29)19(18-11-34-27(35-12-18)38-4-6-42-7-5-38)8-23(24)36-26(41)20-13-33-25(40)9-21(20)28(30,31)32/h8-10,13,16-18H,4-7,11-12,14-15H2,1-3H3,(H,33,40)(H,34,35)(H,36,41)/t16-,17+. The van der Waals surface area contributed by atoms with Crippen molar-refractivity contribution in [1.82, 2.24) is 20.1 Å². The molecule has 3 atom stereocenters. The van der Waals surface area contributed by atoms with E-state index in [-0.39, 0.29) is 23.7 Å². The molecule has 42 heavy (non-hydrogen) atoms. The monoisotopic (exact) mass is 593 g/mol. The number of halogens is 4. The quantitative estimate of drug-likeness (QED) is 0.469. The first kappa shape index (κ1) is 29.8. The van der Waals surface area contributed by atoms with Gasteiger partial charge >= 0.3 is 6.18 Å². The number of ether oxygens (including phenoxy) is 1. The Morgan fingerprint density at radius 1 is 1.10 bits per heavy atom. The molecule has 0 saturated carbocycles. The summed E-state index contributed by atoms with van der Waals surface area (Å²) in [6.45, 7) is 8.37. The molecule has 3 N–H and O–H groups in total. The molecule has 0 bridgehead atoms. The predicted molar refractivity (Wildman–Crippen MR) is 151 cm³/mol. The minimum atomic E-state index is -4.93. The van der Waals surface area contributed by atoms with Gasteiger partial charge in [-0.1, -0.05) is 0 Å². The molecule has 4 heterocycles. The number of likely N-dealkylation sites (N-methyl/N-ethyl adjacent to an activating group) is 1. The van der Waals surface area contributed by atoms with E-state index in [1.54, 1.807) is 0 Å². The normalized spacial score (nSPS) is 23.8. The van der Waals surface area contributed by atoms with Gasteiger partial charge in [0.2, 0.25) is 5.56 Å². The third kappa shape index (κ3) is 6.24. The van der Waals surface area contributed by atoms with Crippen LogP contribution in [0.5, 0.6) is 0 Å². The number of hydrogen-bond acceptors (Lipinski definition) is 8. The van der Waals surface area contributed by atoms with Gasteiger partial charge < -0.3 is 30.2 Å². The second-order valence-electron chi connectivity index (χ2n) is 11.1. The molecule has 228 valence electrons. The highest BCUT2D eigenvalue weighted by atomic mass is 19.4. The number of amides is 1. The summed E-state index contributed by atoms with van der Waals surface area (Å²) in [5.41, 5.74) is -2.22. The third-order valence-electron chi connectivity index (χ3n) is 8.26. The van der Waals surface area contributed by atoms with E-state index in [1.807, 2.05) is 25.8 Å². The summed E-state index contributed by atoms with van der Waals surface area (Å²) < 4.78 is 62.3. The lowest BCUT2D eigenvalue weighted by molar-refractivity contribution is -0.138. The predicted octanol–water partition coefficient (Wildman–Crippen LogP) is 2.69. The molecule has 2 fully saturated rings. The minimum Gasteiger partial charge on any atom is -0.378 e. The SMILES string of the molecule is C[C@@H]1CN(c2cc(F)c(C3CN=C(N4CCOCC4)NC3)cc2NC(=O)c2c[nH]c(=O)cc2C(F)(F)F)C[C@H](C)N1C. The van der Waals surface area contributed by atoms with Crippen molar-refractivity contribution in [1.29, 1.82) is 0 Å². The van der Waals surface area contributed by atoms with Crippen molar-refractivity contribution in [2.45, 2.75) is 38.0 Å². The highest BCUT2D eigenvalue weighted by Gasteiger charge is 2.37. The summed E-state index contributed by atoms with van der Waals surface area (Å²) >= 11 is 0. The number of rotatable bonds is 4. The molecule has 3 aliphatic rings. The number of alkyl halides is 3. The van der Waals surface area contributed by atoms with E-state index >= 15 is 4.39 Å². The van der Waals surface area contributed by atoms with Crippen LogP contribution in [0, 0.1) is 5.82 Å². The van der Waals surface area contributed by atoms with Crippen LogP contribution in [0.2, 0.25) is 0 Å². The summed E-state index contributed by atoms with van der Waals surface area (Å²) in [7, 11) is 2.00. The number of aliphatic imine (C=N–C) groups is 1. The van der Waals surface area contributed by atoms with Gasteiger partial charge in [0, 0.05) is 63.0 Å². The molecule has 0 radical (unpaired) electrons. The number of nitrogens with zero attached hydrogens (tertiary/aromatic N) is 4. The highest BCUT2D eigenvalue weighted by Crippen LogP contribution is 2.36. The highest BCUT2D eigenvalue weighted by molar-refractivity contribution is 6.07. The molecule has 0 aliphatic carbocycles. The molecule has 10 nitrogen and oxygen atoms in total. The number of anilines is 2. The van der Waals surface area contributed by atoms with E-state index in [4.69, 9.17) is 4.74 Å². The smallest absolute Gasteiger partial charge is 0.378 e. The number of hydrogen-bond donors (Lipinski definition) is 3. The van der Waals surface area contributed by atoms with E-state index in [1.165, 1.54) is 12.1 Å². The lowest BCUT2D eigenvalue weighted by atomic mass is 9.95. The first-order chi connectivity index (χ1) is 19.9. The van der Waals surface area contributed by atoms with Crippen molar-refractivity contribution in [3.63, 3.8) is 0 Å². The molecule has 1 unspecified atom stereocenters. The molecule has 1 aromatic carbocycles. The van der Waals surface area contributed by atoms with Crippen LogP contribution < -0.4 is 21.1 Å². The lowest BCUT2D eigenvalue weighted by Crippen LogP contribution is -2.55. The Labute approximate surface area is 240 Å². The number of aromatic amines is 1. The second-order valence-corrected chi connectivity index (χ2v) is 11.1. The molecule has 5 rings (SSSR count). The average molecular weight is 594 g/mol. The largest absolute Gasteiger partial charge is 0.417 e. The Kier molecular flexibility index (Phi) is 8.46. The van der Waals surface area contributed by atoms with Gasteiger partial charge in [0.1, 0.15) is 5.82 Å². The van der Waals surface area contributed by atoms with Crippen molar-refractivity contribution < 1.29 is 27.1 Å². The van der Waals surface area contributed by atoms with Crippen molar-refractivity contribution in [3.05, 3.63) is 57.3 Å². The van der Waals surface area contributed by atoms with Crippen molar-refractivity contribution in [3.8, 4) is 0 Å². The zero-order chi connectivity index (χ0) is 30.2. The van der Waals surface area contributed by atoms with Gasteiger partial charge in [-0.15, -0.1) is 0 Å². The molecule has 1 aromatic heterocycles. The molecular formula is C28H35F4N7O3. The number of guanidine groups is 1. The number of carbonyl (C=O) groups is 1. The fourth-order valence-corrected chi connectivity index (χ4v) is 5.67. The Morgan fingerprint density at radius 3 is 2.40 bits per heavy atom. The minimum absolute atomic E-state index is 0.103. The molecule has 14 heteroatoms. The van der Waals surface area contributed by atoms with Gasteiger partial charge in [-0.2, -0.15) is 13.2 Å². The van der Waals surface area contributed by atoms with E-state index in [0.29, 0.717) is 69.8 Å². The molecule has 2 saturated heterocycles. The second kappa shape index (κ2) is 11.9. The van der Waals surface area contributed by atoms with E-state index < -0.39 is 34.6 Å². The summed E-state index contributed by atoms with van der Waals surface area (Å²) in [5, 5.41) is 5.87. The van der Waals surface area contributed by atoms with Crippen LogP contribution in [0.1, 0.15) is 41.3 Å². The lowest BCUT2D eigenvalue weighted by Gasteiger charge is -2.44. The number of carbonyl (C=O) groups excluding carboxylic acids is 1. The van der Waals surface area contributed by atoms with Crippen LogP contribution in [0.4, 0.5) is 28.9 Å². The van der Waals surface area contributed by atoms with Crippen LogP contribution in [-0.4, -0.2) is 98.3 Å². The molecule has 3 aliphatic heterocycles. The number of H-pyrrole nitrogens is 1. The maximum atomic E-state index is 15.8. The number of piperazine rings is 1. The Bertz CT molecular complexity index is 1390. The van der Waals surface area contributed by atoms with Crippen molar-refractivity contribution in [2.75, 3.05) is 69.7 Å². The number of aromatic nitrogens is 1. The van der Waals surface area contributed by atoms with Crippen LogP contribution in [-0.2, 0) is 10.9 Å². The molecule has 2 aromatic rings. The summed E-state index contributed by atoms with van der Waals surface area (Å²) in [5.74, 6) is -1.21. The van der Waals surface area contributed by atoms with Gasteiger partial charge in [0.25, 0.3) is 5.91 Å². The first-order valence-corrected chi connectivity index (χ1v) is 13.9. The number of nitrogens with one attached hydrogen (secondary N) is 3. The Hall–Kier alpha value is -3.65. The van der Waals surface area contributed by atoms with Crippen LogP contribution in [0.15, 0.2) is 34.2 Å². The van der Waals surface area contributed by atoms with Crippen LogP contribution in [0.25, 0.3) is 0 Å². The number of pyridine rings is 1. The fourth-order valence-electron chi connectivity index (χ4n) is 5.67. The summed E-state index contributed by atoms with van der Waals surface area (Å²) in [6.07, 6.45) is -4.18. The molecule has 1 amide bonds.